The van der Waals surface area contributed by atoms with E-state index < -0.39 is 0 Å². The predicted octanol–water partition coefficient (Wildman–Crippen LogP) is 4.01. The van der Waals surface area contributed by atoms with Crippen molar-refractivity contribution in [3.8, 4) is 11.3 Å². The van der Waals surface area contributed by atoms with Crippen LogP contribution < -0.4 is 5.32 Å². The van der Waals surface area contributed by atoms with Crippen molar-refractivity contribution in [2.45, 2.75) is 33.6 Å². The Balaban J connectivity index is 2.35. The molecule has 100 valence electrons. The Hall–Kier alpha value is -1.90. The SMILES string of the molecule is CCNc1cc(-c2ccc(C(C)C)cc2)nc(C)n1. The van der Waals surface area contributed by atoms with Crippen LogP contribution in [0.15, 0.2) is 30.3 Å². The van der Waals surface area contributed by atoms with E-state index >= 15 is 0 Å². The lowest BCUT2D eigenvalue weighted by Crippen LogP contribution is -2.02. The van der Waals surface area contributed by atoms with Crippen LogP contribution in [0.2, 0.25) is 0 Å². The third-order valence-corrected chi connectivity index (χ3v) is 3.07. The molecule has 0 saturated heterocycles. The van der Waals surface area contributed by atoms with Crippen molar-refractivity contribution in [2.75, 3.05) is 11.9 Å². The smallest absolute Gasteiger partial charge is 0.130 e. The van der Waals surface area contributed by atoms with Crippen molar-refractivity contribution in [3.63, 3.8) is 0 Å². The zero-order valence-corrected chi connectivity index (χ0v) is 12.1. The van der Waals surface area contributed by atoms with Gasteiger partial charge in [0.05, 0.1) is 5.69 Å². The Bertz CT molecular complexity index is 544. The summed E-state index contributed by atoms with van der Waals surface area (Å²) in [6, 6.07) is 10.6. The lowest BCUT2D eigenvalue weighted by Gasteiger charge is -2.09. The molecule has 0 aliphatic rings. The van der Waals surface area contributed by atoms with E-state index in [1.165, 1.54) is 5.56 Å². The molecular formula is C16H21N3. The average Bonchev–Trinajstić information content (AvgIpc) is 2.38. The van der Waals surface area contributed by atoms with Crippen LogP contribution in [-0.2, 0) is 0 Å². The van der Waals surface area contributed by atoms with E-state index in [-0.39, 0.29) is 0 Å². The predicted molar refractivity (Wildman–Crippen MR) is 80.5 cm³/mol. The van der Waals surface area contributed by atoms with Crippen molar-refractivity contribution in [1.29, 1.82) is 0 Å². The largest absolute Gasteiger partial charge is 0.370 e. The molecule has 3 nitrogen and oxygen atoms in total. The van der Waals surface area contributed by atoms with Crippen molar-refractivity contribution < 1.29 is 0 Å². The van der Waals surface area contributed by atoms with Gasteiger partial charge >= 0.3 is 0 Å². The summed E-state index contributed by atoms with van der Waals surface area (Å²) in [5.41, 5.74) is 3.45. The molecule has 0 aliphatic carbocycles. The number of anilines is 1. The number of aromatic nitrogens is 2. The van der Waals surface area contributed by atoms with Crippen molar-refractivity contribution in [2.24, 2.45) is 0 Å². The van der Waals surface area contributed by atoms with E-state index in [1.54, 1.807) is 0 Å². The van der Waals surface area contributed by atoms with Crippen LogP contribution in [0.3, 0.4) is 0 Å². The summed E-state index contributed by atoms with van der Waals surface area (Å²) in [6.45, 7) is 9.25. The van der Waals surface area contributed by atoms with Crippen LogP contribution in [0.5, 0.6) is 0 Å². The van der Waals surface area contributed by atoms with Crippen LogP contribution in [0.1, 0.15) is 38.1 Å². The molecule has 0 aliphatic heterocycles. The quantitative estimate of drug-likeness (QED) is 0.897. The molecule has 2 aromatic rings. The first kappa shape index (κ1) is 13.5. The van der Waals surface area contributed by atoms with Gasteiger partial charge in [-0.3, -0.25) is 0 Å². The number of aryl methyl sites for hydroxylation is 1. The number of benzene rings is 1. The number of nitrogens with one attached hydrogen (secondary N) is 1. The number of rotatable bonds is 4. The van der Waals surface area contributed by atoms with E-state index in [4.69, 9.17) is 0 Å². The fourth-order valence-corrected chi connectivity index (χ4v) is 2.03. The molecule has 0 unspecified atom stereocenters. The molecule has 0 fully saturated rings. The summed E-state index contributed by atoms with van der Waals surface area (Å²) in [6.07, 6.45) is 0. The van der Waals surface area contributed by atoms with Gasteiger partial charge < -0.3 is 5.32 Å². The van der Waals surface area contributed by atoms with Crippen molar-refractivity contribution >= 4 is 5.82 Å². The summed E-state index contributed by atoms with van der Waals surface area (Å²) >= 11 is 0. The molecule has 0 spiro atoms. The Morgan fingerprint density at radius 3 is 2.37 bits per heavy atom. The normalized spacial score (nSPS) is 10.8. The fraction of sp³-hybridized carbons (Fsp3) is 0.375. The molecule has 1 heterocycles. The zero-order chi connectivity index (χ0) is 13.8. The fourth-order valence-electron chi connectivity index (χ4n) is 2.03. The minimum Gasteiger partial charge on any atom is -0.370 e. The lowest BCUT2D eigenvalue weighted by atomic mass is 10.0. The summed E-state index contributed by atoms with van der Waals surface area (Å²) < 4.78 is 0. The highest BCUT2D eigenvalue weighted by molar-refractivity contribution is 5.63. The van der Waals surface area contributed by atoms with Crippen molar-refractivity contribution in [1.82, 2.24) is 9.97 Å². The zero-order valence-electron chi connectivity index (χ0n) is 12.1. The summed E-state index contributed by atoms with van der Waals surface area (Å²) in [5.74, 6) is 2.23. The molecule has 3 heteroatoms. The second-order valence-electron chi connectivity index (χ2n) is 4.99. The maximum absolute atomic E-state index is 4.51. The Morgan fingerprint density at radius 1 is 1.11 bits per heavy atom. The molecule has 1 aromatic carbocycles. The van der Waals surface area contributed by atoms with Gasteiger partial charge in [0.15, 0.2) is 0 Å². The van der Waals surface area contributed by atoms with Crippen LogP contribution in [0.25, 0.3) is 11.3 Å². The van der Waals surface area contributed by atoms with E-state index in [2.05, 4.69) is 60.3 Å². The molecule has 0 saturated carbocycles. The summed E-state index contributed by atoms with van der Waals surface area (Å²) in [4.78, 5) is 8.88. The van der Waals surface area contributed by atoms with Gasteiger partial charge in [0, 0.05) is 18.2 Å². The summed E-state index contributed by atoms with van der Waals surface area (Å²) in [5, 5.41) is 3.24. The van der Waals surface area contributed by atoms with Gasteiger partial charge in [-0.15, -0.1) is 0 Å². The van der Waals surface area contributed by atoms with E-state index in [0.29, 0.717) is 5.92 Å². The first-order valence-electron chi connectivity index (χ1n) is 6.80. The van der Waals surface area contributed by atoms with Gasteiger partial charge in [-0.1, -0.05) is 38.1 Å². The second-order valence-corrected chi connectivity index (χ2v) is 4.99. The Kier molecular flexibility index (Phi) is 4.15. The maximum Gasteiger partial charge on any atom is 0.130 e. The van der Waals surface area contributed by atoms with Gasteiger partial charge in [0.2, 0.25) is 0 Å². The first-order valence-corrected chi connectivity index (χ1v) is 6.80. The number of nitrogens with zero attached hydrogens (tertiary/aromatic N) is 2. The highest BCUT2D eigenvalue weighted by Crippen LogP contribution is 2.22. The average molecular weight is 255 g/mol. The van der Waals surface area contributed by atoms with E-state index in [0.717, 1.165) is 29.4 Å². The molecule has 2 rings (SSSR count). The first-order chi connectivity index (χ1) is 9.10. The molecule has 0 radical (unpaired) electrons. The molecule has 1 N–H and O–H groups in total. The molecule has 0 amide bonds. The highest BCUT2D eigenvalue weighted by atomic mass is 15.0. The highest BCUT2D eigenvalue weighted by Gasteiger charge is 2.05. The van der Waals surface area contributed by atoms with Gasteiger partial charge in [-0.2, -0.15) is 0 Å². The third kappa shape index (κ3) is 3.31. The van der Waals surface area contributed by atoms with Crippen LogP contribution in [-0.4, -0.2) is 16.5 Å². The van der Waals surface area contributed by atoms with Crippen LogP contribution >= 0.6 is 0 Å². The molecule has 1 aromatic heterocycles. The van der Waals surface area contributed by atoms with Crippen LogP contribution in [0.4, 0.5) is 5.82 Å². The van der Waals surface area contributed by atoms with E-state index in [9.17, 15) is 0 Å². The third-order valence-electron chi connectivity index (χ3n) is 3.07. The Labute approximate surface area is 115 Å². The topological polar surface area (TPSA) is 37.8 Å². The molecule has 19 heavy (non-hydrogen) atoms. The maximum atomic E-state index is 4.51. The number of hydrogen-bond acceptors (Lipinski definition) is 3. The monoisotopic (exact) mass is 255 g/mol. The van der Waals surface area contributed by atoms with Crippen LogP contribution in [0, 0.1) is 6.92 Å². The summed E-state index contributed by atoms with van der Waals surface area (Å²) in [7, 11) is 0. The number of hydrogen-bond donors (Lipinski definition) is 1. The van der Waals surface area contributed by atoms with Crippen molar-refractivity contribution in [3.05, 3.63) is 41.7 Å². The molecule has 0 atom stereocenters. The minimum absolute atomic E-state index is 0.554. The molecule has 0 bridgehead atoms. The van der Waals surface area contributed by atoms with E-state index in [1.807, 2.05) is 13.0 Å². The molecular weight excluding hydrogens is 234 g/mol. The standard InChI is InChI=1S/C16H21N3/c1-5-17-16-10-15(18-12(4)19-16)14-8-6-13(7-9-14)11(2)3/h6-11H,5H2,1-4H3,(H,17,18,19). The van der Waals surface area contributed by atoms with Gasteiger partial charge in [0.1, 0.15) is 11.6 Å². The van der Waals surface area contributed by atoms with Gasteiger partial charge in [-0.05, 0) is 25.3 Å². The minimum atomic E-state index is 0.554. The second kappa shape index (κ2) is 5.83. The van der Waals surface area contributed by atoms with Gasteiger partial charge in [-0.25, -0.2) is 9.97 Å². The lowest BCUT2D eigenvalue weighted by molar-refractivity contribution is 0.867. The Morgan fingerprint density at radius 2 is 1.79 bits per heavy atom. The van der Waals surface area contributed by atoms with Gasteiger partial charge in [0.25, 0.3) is 0 Å².